The van der Waals surface area contributed by atoms with Crippen LogP contribution in [-0.4, -0.2) is 40.2 Å². The van der Waals surface area contributed by atoms with Crippen LogP contribution in [0.1, 0.15) is 29.3 Å². The second-order valence-electron chi connectivity index (χ2n) is 8.14. The normalized spacial score (nSPS) is 11.0. The molecule has 0 aliphatic heterocycles. The van der Waals surface area contributed by atoms with E-state index in [4.69, 9.17) is 16.3 Å². The largest absolute Gasteiger partial charge is 0.382 e. The Morgan fingerprint density at radius 1 is 1.05 bits per heavy atom. The number of aromatic nitrogens is 2. The first-order valence-electron chi connectivity index (χ1n) is 11.9. The van der Waals surface area contributed by atoms with Crippen LogP contribution in [0.4, 0.5) is 5.69 Å². The van der Waals surface area contributed by atoms with E-state index in [1.165, 1.54) is 11.8 Å². The second-order valence-corrected chi connectivity index (χ2v) is 9.52. The highest BCUT2D eigenvalue weighted by atomic mass is 35.5. The number of benzene rings is 3. The Hall–Kier alpha value is -3.46. The summed E-state index contributed by atoms with van der Waals surface area (Å²) in [6.45, 7) is 3.47. The van der Waals surface area contributed by atoms with Crippen molar-refractivity contribution in [3.63, 3.8) is 0 Å². The van der Waals surface area contributed by atoms with E-state index in [9.17, 15) is 14.4 Å². The number of ketones is 1. The van der Waals surface area contributed by atoms with E-state index in [-0.39, 0.29) is 23.0 Å². The third kappa shape index (κ3) is 6.65. The van der Waals surface area contributed by atoms with Crippen molar-refractivity contribution in [1.82, 2.24) is 9.55 Å². The van der Waals surface area contributed by atoms with Crippen LogP contribution in [0.25, 0.3) is 10.9 Å². The number of fused-ring (bicyclic) bond motifs is 1. The number of carbonyl (C=O) groups is 2. The summed E-state index contributed by atoms with van der Waals surface area (Å²) in [5, 5.41) is 4.18. The third-order valence-corrected chi connectivity index (χ3v) is 6.78. The third-order valence-electron chi connectivity index (χ3n) is 5.57. The molecule has 1 heterocycles. The average molecular weight is 536 g/mol. The number of amides is 1. The van der Waals surface area contributed by atoms with Gasteiger partial charge in [0.05, 0.1) is 22.3 Å². The molecular weight excluding hydrogens is 510 g/mol. The first-order valence-corrected chi connectivity index (χ1v) is 13.2. The zero-order chi connectivity index (χ0) is 26.2. The topological polar surface area (TPSA) is 90.3 Å². The molecule has 190 valence electrons. The maximum absolute atomic E-state index is 13.2. The van der Waals surface area contributed by atoms with Gasteiger partial charge in [0.2, 0.25) is 5.91 Å². The number of anilines is 1. The molecular formula is C28H26ClN3O4S. The molecule has 0 aliphatic rings. The zero-order valence-electron chi connectivity index (χ0n) is 20.3. The van der Waals surface area contributed by atoms with E-state index in [2.05, 4.69) is 10.3 Å². The van der Waals surface area contributed by atoms with Crippen molar-refractivity contribution in [2.45, 2.75) is 25.0 Å². The summed E-state index contributed by atoms with van der Waals surface area (Å²) in [4.78, 5) is 43.8. The van der Waals surface area contributed by atoms with Crippen LogP contribution in [0.15, 0.2) is 82.7 Å². The number of nitrogens with one attached hydrogen (secondary N) is 1. The monoisotopic (exact) mass is 535 g/mol. The van der Waals surface area contributed by atoms with Gasteiger partial charge >= 0.3 is 0 Å². The Morgan fingerprint density at radius 2 is 1.81 bits per heavy atom. The van der Waals surface area contributed by atoms with Gasteiger partial charge in [-0.3, -0.25) is 19.0 Å². The van der Waals surface area contributed by atoms with Gasteiger partial charge in [-0.2, -0.15) is 0 Å². The smallest absolute Gasteiger partial charge is 0.262 e. The Bertz CT molecular complexity index is 1470. The van der Waals surface area contributed by atoms with Crippen molar-refractivity contribution in [3.05, 3.63) is 99.3 Å². The molecule has 1 aromatic heterocycles. The molecule has 7 nitrogen and oxygen atoms in total. The summed E-state index contributed by atoms with van der Waals surface area (Å²) in [6.07, 6.45) is 0.642. The summed E-state index contributed by atoms with van der Waals surface area (Å²) >= 11 is 7.32. The van der Waals surface area contributed by atoms with Gasteiger partial charge in [-0.1, -0.05) is 65.8 Å². The molecule has 0 atom stereocenters. The fourth-order valence-electron chi connectivity index (χ4n) is 3.80. The first kappa shape index (κ1) is 26.6. The average Bonchev–Trinajstić information content (AvgIpc) is 2.92. The summed E-state index contributed by atoms with van der Waals surface area (Å²) in [7, 11) is 0. The molecule has 3 aromatic carbocycles. The number of hydrogen-bond acceptors (Lipinski definition) is 6. The highest BCUT2D eigenvalue weighted by Gasteiger charge is 2.18. The molecule has 4 rings (SSSR count). The number of rotatable bonds is 11. The molecule has 0 unspecified atom stereocenters. The Labute approximate surface area is 223 Å². The summed E-state index contributed by atoms with van der Waals surface area (Å²) in [6, 6.07) is 20.7. The molecule has 9 heteroatoms. The Balaban J connectivity index is 1.53. The molecule has 4 aromatic rings. The van der Waals surface area contributed by atoms with E-state index < -0.39 is 0 Å². The van der Waals surface area contributed by atoms with Gasteiger partial charge in [0.15, 0.2) is 10.9 Å². The van der Waals surface area contributed by atoms with Gasteiger partial charge < -0.3 is 10.1 Å². The lowest BCUT2D eigenvalue weighted by Gasteiger charge is -2.14. The molecule has 0 bridgehead atoms. The van der Waals surface area contributed by atoms with Crippen LogP contribution in [0, 0.1) is 0 Å². The van der Waals surface area contributed by atoms with Gasteiger partial charge in [-0.15, -0.1) is 0 Å². The molecule has 0 saturated carbocycles. The van der Waals surface area contributed by atoms with Crippen molar-refractivity contribution in [2.75, 3.05) is 24.3 Å². The van der Waals surface area contributed by atoms with Gasteiger partial charge in [-0.05, 0) is 43.7 Å². The van der Waals surface area contributed by atoms with Crippen molar-refractivity contribution in [3.8, 4) is 0 Å². The summed E-state index contributed by atoms with van der Waals surface area (Å²) in [5.74, 6) is -0.583. The minimum absolute atomic E-state index is 0.00215. The molecule has 37 heavy (non-hydrogen) atoms. The SMILES string of the molecule is CCOCCCn1c(SCC(=O)Nc2ccc(Cl)cc2C(=O)c2ccccc2)nc2ccccc2c1=O. The molecule has 0 aliphatic carbocycles. The molecule has 1 amide bonds. The Kier molecular flexibility index (Phi) is 9.11. The number of nitrogens with zero attached hydrogens (tertiary/aromatic N) is 2. The molecule has 0 saturated heterocycles. The number of hydrogen-bond donors (Lipinski definition) is 1. The predicted octanol–water partition coefficient (Wildman–Crippen LogP) is 5.44. The van der Waals surface area contributed by atoms with Crippen molar-refractivity contribution < 1.29 is 14.3 Å². The lowest BCUT2D eigenvalue weighted by atomic mass is 10.0. The number of thioether (sulfide) groups is 1. The van der Waals surface area contributed by atoms with Crippen LogP contribution in [0.3, 0.4) is 0 Å². The summed E-state index contributed by atoms with van der Waals surface area (Å²) < 4.78 is 7.00. The van der Waals surface area contributed by atoms with Crippen LogP contribution >= 0.6 is 23.4 Å². The molecule has 0 radical (unpaired) electrons. The van der Waals surface area contributed by atoms with E-state index >= 15 is 0 Å². The van der Waals surface area contributed by atoms with Crippen molar-refractivity contribution in [2.24, 2.45) is 0 Å². The standard InChI is InChI=1S/C28H26ClN3O4S/c1-2-36-16-8-15-32-27(35)21-11-6-7-12-23(21)31-28(32)37-18-25(33)30-24-14-13-20(29)17-22(24)26(34)19-9-4-3-5-10-19/h3-7,9-14,17H,2,8,15-16,18H2,1H3,(H,30,33). The minimum atomic E-state index is -0.335. The quantitative estimate of drug-likeness (QED) is 0.119. The number of para-hydroxylation sites is 1. The fourth-order valence-corrected chi connectivity index (χ4v) is 4.80. The van der Waals surface area contributed by atoms with Gasteiger partial charge in [0.1, 0.15) is 0 Å². The van der Waals surface area contributed by atoms with Gasteiger partial charge in [-0.25, -0.2) is 4.98 Å². The number of halogens is 1. The second kappa shape index (κ2) is 12.7. The van der Waals surface area contributed by atoms with E-state index in [1.807, 2.05) is 19.1 Å². The van der Waals surface area contributed by atoms with E-state index in [0.29, 0.717) is 64.1 Å². The zero-order valence-corrected chi connectivity index (χ0v) is 21.8. The number of carbonyl (C=O) groups excluding carboxylic acids is 2. The fraction of sp³-hybridized carbons (Fsp3) is 0.214. The van der Waals surface area contributed by atoms with Crippen LogP contribution in [0.2, 0.25) is 5.02 Å². The summed E-state index contributed by atoms with van der Waals surface area (Å²) in [5.41, 5.74) is 1.58. The molecule has 1 N–H and O–H groups in total. The maximum atomic E-state index is 13.2. The highest BCUT2D eigenvalue weighted by molar-refractivity contribution is 7.99. The van der Waals surface area contributed by atoms with Crippen LogP contribution < -0.4 is 10.9 Å². The Morgan fingerprint density at radius 3 is 2.59 bits per heavy atom. The van der Waals surface area contributed by atoms with Crippen molar-refractivity contribution >= 4 is 51.6 Å². The maximum Gasteiger partial charge on any atom is 0.262 e. The van der Waals surface area contributed by atoms with Crippen molar-refractivity contribution in [1.29, 1.82) is 0 Å². The number of ether oxygens (including phenoxy) is 1. The minimum Gasteiger partial charge on any atom is -0.382 e. The van der Waals surface area contributed by atoms with Gasteiger partial charge in [0, 0.05) is 35.9 Å². The lowest BCUT2D eigenvalue weighted by molar-refractivity contribution is -0.113. The van der Waals surface area contributed by atoms with Crippen LogP contribution in [-0.2, 0) is 16.1 Å². The lowest BCUT2D eigenvalue weighted by Crippen LogP contribution is -2.25. The molecule has 0 spiro atoms. The molecule has 0 fully saturated rings. The predicted molar refractivity (Wildman–Crippen MR) is 148 cm³/mol. The van der Waals surface area contributed by atoms with E-state index in [0.717, 1.165) is 0 Å². The first-order chi connectivity index (χ1) is 18.0. The van der Waals surface area contributed by atoms with Gasteiger partial charge in [0.25, 0.3) is 5.56 Å². The highest BCUT2D eigenvalue weighted by Crippen LogP contribution is 2.25. The van der Waals surface area contributed by atoms with Crippen LogP contribution in [0.5, 0.6) is 0 Å². The van der Waals surface area contributed by atoms with E-state index in [1.54, 1.807) is 65.2 Å².